The van der Waals surface area contributed by atoms with Crippen molar-refractivity contribution in [3.05, 3.63) is 36.0 Å². The quantitative estimate of drug-likeness (QED) is 0.738. The Morgan fingerprint density at radius 3 is 2.47 bits per heavy atom. The molecule has 1 N–H and O–H groups in total. The first kappa shape index (κ1) is 19.8. The predicted molar refractivity (Wildman–Crippen MR) is 116 cm³/mol. The normalized spacial score (nSPS) is 26.0. The number of benzene rings is 1. The second-order valence-corrected chi connectivity index (χ2v) is 9.59. The van der Waals surface area contributed by atoms with Gasteiger partial charge in [-0.25, -0.2) is 0 Å². The van der Waals surface area contributed by atoms with Crippen LogP contribution in [0, 0.1) is 17.8 Å². The van der Waals surface area contributed by atoms with Gasteiger partial charge in [0.25, 0.3) is 0 Å². The van der Waals surface area contributed by atoms with Gasteiger partial charge in [0.05, 0.1) is 23.2 Å². The van der Waals surface area contributed by atoms with Gasteiger partial charge < -0.3 is 9.84 Å². The number of hydrogen-bond acceptors (Lipinski definition) is 4. The van der Waals surface area contributed by atoms with Crippen LogP contribution in [-0.4, -0.2) is 40.2 Å². The molecule has 0 spiro atoms. The van der Waals surface area contributed by atoms with Crippen LogP contribution in [0.1, 0.15) is 57.1 Å². The van der Waals surface area contributed by atoms with Gasteiger partial charge in [-0.1, -0.05) is 31.7 Å². The van der Waals surface area contributed by atoms with E-state index in [1.165, 1.54) is 51.4 Å². The van der Waals surface area contributed by atoms with Crippen molar-refractivity contribution in [2.75, 3.05) is 13.1 Å². The molecular weight excluding hydrogens is 376 g/mol. The number of ether oxygens (including phenoxy) is 1. The van der Waals surface area contributed by atoms with E-state index in [0.717, 1.165) is 34.2 Å². The molecule has 5 heteroatoms. The third kappa shape index (κ3) is 4.31. The Balaban J connectivity index is 1.16. The zero-order valence-electron chi connectivity index (χ0n) is 17.6. The standard InChI is InChI=1S/C25H32N2O3/c28-25(29)20-14-27(15-20)16-21-8-5-19-13-23(11-12-24(19)26-21)30-22-9-6-18(7-10-22)17-3-1-2-4-17/h5,8,11-13,17-18,20,22H,1-4,6-7,9-10,14-16H2,(H,28,29)/t18-,22-. The molecule has 1 aromatic carbocycles. The number of carboxylic acids is 1. The summed E-state index contributed by atoms with van der Waals surface area (Å²) in [6.45, 7) is 1.94. The van der Waals surface area contributed by atoms with Crippen LogP contribution in [0.3, 0.4) is 0 Å². The highest BCUT2D eigenvalue weighted by atomic mass is 16.5. The average Bonchev–Trinajstić information content (AvgIpc) is 3.25. The van der Waals surface area contributed by atoms with E-state index in [-0.39, 0.29) is 5.92 Å². The lowest BCUT2D eigenvalue weighted by Gasteiger charge is -2.36. The van der Waals surface area contributed by atoms with Gasteiger partial charge in [-0.05, 0) is 61.8 Å². The van der Waals surface area contributed by atoms with E-state index in [2.05, 4.69) is 23.1 Å². The highest BCUT2D eigenvalue weighted by molar-refractivity contribution is 5.80. The van der Waals surface area contributed by atoms with Crippen molar-refractivity contribution < 1.29 is 14.6 Å². The zero-order valence-corrected chi connectivity index (χ0v) is 17.6. The summed E-state index contributed by atoms with van der Waals surface area (Å²) in [6.07, 6.45) is 11.2. The maximum Gasteiger partial charge on any atom is 0.309 e. The van der Waals surface area contributed by atoms with Crippen LogP contribution in [-0.2, 0) is 11.3 Å². The minimum atomic E-state index is -0.697. The van der Waals surface area contributed by atoms with Crippen LogP contribution >= 0.6 is 0 Å². The summed E-state index contributed by atoms with van der Waals surface area (Å²) >= 11 is 0. The van der Waals surface area contributed by atoms with Crippen molar-refractivity contribution in [2.45, 2.75) is 64.0 Å². The van der Waals surface area contributed by atoms with Crippen molar-refractivity contribution >= 4 is 16.9 Å². The second kappa shape index (κ2) is 8.54. The molecule has 0 radical (unpaired) electrons. The number of fused-ring (bicyclic) bond motifs is 1. The largest absolute Gasteiger partial charge is 0.490 e. The molecule has 2 aliphatic carbocycles. The fourth-order valence-electron chi connectivity index (χ4n) is 5.69. The number of nitrogens with zero attached hydrogens (tertiary/aromatic N) is 2. The van der Waals surface area contributed by atoms with Crippen LogP contribution in [0.25, 0.3) is 10.9 Å². The topological polar surface area (TPSA) is 62.7 Å². The Morgan fingerprint density at radius 2 is 1.73 bits per heavy atom. The summed E-state index contributed by atoms with van der Waals surface area (Å²) in [6, 6.07) is 10.4. The van der Waals surface area contributed by atoms with Gasteiger partial charge in [-0.3, -0.25) is 14.7 Å². The van der Waals surface area contributed by atoms with Gasteiger partial charge in [0, 0.05) is 25.0 Å². The van der Waals surface area contributed by atoms with Crippen LogP contribution in [0.5, 0.6) is 5.75 Å². The van der Waals surface area contributed by atoms with Crippen LogP contribution in [0.15, 0.2) is 30.3 Å². The number of rotatable bonds is 6. The van der Waals surface area contributed by atoms with Crippen molar-refractivity contribution in [2.24, 2.45) is 17.8 Å². The third-order valence-corrected chi connectivity index (χ3v) is 7.50. The number of likely N-dealkylation sites (tertiary alicyclic amines) is 1. The van der Waals surface area contributed by atoms with Gasteiger partial charge in [0.15, 0.2) is 0 Å². The lowest BCUT2D eigenvalue weighted by atomic mass is 9.78. The number of carboxylic acid groups (broad SMARTS) is 1. The number of hydrogen-bond donors (Lipinski definition) is 1. The van der Waals surface area contributed by atoms with E-state index < -0.39 is 5.97 Å². The molecule has 3 fully saturated rings. The van der Waals surface area contributed by atoms with E-state index >= 15 is 0 Å². The van der Waals surface area contributed by atoms with E-state index in [9.17, 15) is 4.79 Å². The lowest BCUT2D eigenvalue weighted by Crippen LogP contribution is -2.49. The molecule has 2 heterocycles. The Labute approximate surface area is 178 Å². The smallest absolute Gasteiger partial charge is 0.309 e. The first-order valence-corrected chi connectivity index (χ1v) is 11.7. The molecule has 0 atom stereocenters. The summed E-state index contributed by atoms with van der Waals surface area (Å²) in [5.74, 6) is 1.95. The fraction of sp³-hybridized carbons (Fsp3) is 0.600. The minimum absolute atomic E-state index is 0.224. The summed E-state index contributed by atoms with van der Waals surface area (Å²) < 4.78 is 6.34. The van der Waals surface area contributed by atoms with Crippen LogP contribution in [0.4, 0.5) is 0 Å². The van der Waals surface area contributed by atoms with Gasteiger partial charge in [0.2, 0.25) is 0 Å². The average molecular weight is 409 g/mol. The molecule has 0 amide bonds. The minimum Gasteiger partial charge on any atom is -0.490 e. The third-order valence-electron chi connectivity index (χ3n) is 7.50. The van der Waals surface area contributed by atoms with Crippen molar-refractivity contribution in [1.82, 2.24) is 9.88 Å². The Hall–Kier alpha value is -2.14. The molecule has 1 aliphatic heterocycles. The first-order valence-electron chi connectivity index (χ1n) is 11.7. The summed E-state index contributed by atoms with van der Waals surface area (Å²) in [5.41, 5.74) is 1.96. The van der Waals surface area contributed by atoms with Crippen molar-refractivity contribution in [3.8, 4) is 5.75 Å². The monoisotopic (exact) mass is 408 g/mol. The molecular formula is C25H32N2O3. The molecule has 5 rings (SSSR count). The van der Waals surface area contributed by atoms with Crippen molar-refractivity contribution in [3.63, 3.8) is 0 Å². The summed E-state index contributed by atoms with van der Waals surface area (Å²) in [5, 5.41) is 10.1. The Morgan fingerprint density at radius 1 is 1.00 bits per heavy atom. The SMILES string of the molecule is O=C(O)C1CN(Cc2ccc3cc(O[C@H]4CC[C@H](C5CCCC5)CC4)ccc3n2)C1. The predicted octanol–water partition coefficient (Wildman–Crippen LogP) is 4.88. The fourth-order valence-corrected chi connectivity index (χ4v) is 5.69. The van der Waals surface area contributed by atoms with Crippen molar-refractivity contribution in [1.29, 1.82) is 0 Å². The van der Waals surface area contributed by atoms with E-state index in [1.807, 2.05) is 12.1 Å². The van der Waals surface area contributed by atoms with Gasteiger partial charge in [0.1, 0.15) is 5.75 Å². The molecule has 2 aromatic rings. The number of pyridine rings is 1. The molecule has 30 heavy (non-hydrogen) atoms. The Kier molecular flexibility index (Phi) is 5.64. The molecule has 0 unspecified atom stereocenters. The number of carbonyl (C=O) groups is 1. The molecule has 0 bridgehead atoms. The highest BCUT2D eigenvalue weighted by Gasteiger charge is 2.32. The van der Waals surface area contributed by atoms with Gasteiger partial charge >= 0.3 is 5.97 Å². The molecule has 5 nitrogen and oxygen atoms in total. The van der Waals surface area contributed by atoms with E-state index in [0.29, 0.717) is 25.7 Å². The highest BCUT2D eigenvalue weighted by Crippen LogP contribution is 2.40. The molecule has 2 saturated carbocycles. The van der Waals surface area contributed by atoms with E-state index in [1.54, 1.807) is 0 Å². The van der Waals surface area contributed by atoms with Crippen LogP contribution < -0.4 is 4.74 Å². The number of aromatic nitrogens is 1. The summed E-state index contributed by atoms with van der Waals surface area (Å²) in [7, 11) is 0. The molecule has 1 aromatic heterocycles. The van der Waals surface area contributed by atoms with E-state index in [4.69, 9.17) is 14.8 Å². The van der Waals surface area contributed by atoms with Gasteiger partial charge in [-0.15, -0.1) is 0 Å². The first-order chi connectivity index (χ1) is 14.6. The maximum atomic E-state index is 11.0. The number of aliphatic carboxylic acids is 1. The summed E-state index contributed by atoms with van der Waals surface area (Å²) in [4.78, 5) is 17.8. The molecule has 3 aliphatic rings. The van der Waals surface area contributed by atoms with Crippen LogP contribution in [0.2, 0.25) is 0 Å². The Bertz CT molecular complexity index is 894. The molecule has 1 saturated heterocycles. The maximum absolute atomic E-state index is 11.0. The lowest BCUT2D eigenvalue weighted by molar-refractivity contribution is -0.147. The zero-order chi connectivity index (χ0) is 20.5. The van der Waals surface area contributed by atoms with Gasteiger partial charge in [-0.2, -0.15) is 0 Å². The molecule has 160 valence electrons. The second-order valence-electron chi connectivity index (χ2n) is 9.59.